The number of rotatable bonds is 10. The normalized spacial score (nSPS) is 19.8. The number of morpholine rings is 1. The van der Waals surface area contributed by atoms with Crippen LogP contribution in [0.25, 0.3) is 0 Å². The van der Waals surface area contributed by atoms with Crippen molar-refractivity contribution in [3.8, 4) is 5.75 Å². The molecule has 1 aromatic rings. The lowest BCUT2D eigenvalue weighted by molar-refractivity contribution is 0.0195. The minimum atomic E-state index is 0. The predicted octanol–water partition coefficient (Wildman–Crippen LogP) is 2.90. The van der Waals surface area contributed by atoms with Crippen LogP contribution in [0.4, 0.5) is 0 Å². The van der Waals surface area contributed by atoms with Gasteiger partial charge in [0.05, 0.1) is 19.8 Å². The fraction of sp³-hybridized carbons (Fsp3) is 0.708. The molecule has 2 heterocycles. The molecule has 1 unspecified atom stereocenters. The van der Waals surface area contributed by atoms with E-state index < -0.39 is 0 Å². The van der Waals surface area contributed by atoms with E-state index in [1.54, 1.807) is 0 Å². The maximum atomic E-state index is 5.90. The lowest BCUT2D eigenvalue weighted by Crippen LogP contribution is -2.46. The molecule has 8 heteroatoms. The van der Waals surface area contributed by atoms with E-state index in [0.717, 1.165) is 83.9 Å². The zero-order chi connectivity index (χ0) is 21.9. The molecule has 0 saturated carbocycles. The average Bonchev–Trinajstić information content (AvgIpc) is 3.31. The van der Waals surface area contributed by atoms with E-state index in [2.05, 4.69) is 65.1 Å². The van der Waals surface area contributed by atoms with Crippen molar-refractivity contribution in [1.82, 2.24) is 20.0 Å². The number of ether oxygens (including phenoxy) is 2. The number of benzene rings is 1. The molecule has 7 nitrogen and oxygen atoms in total. The van der Waals surface area contributed by atoms with Crippen LogP contribution in [0.1, 0.15) is 32.8 Å². The molecule has 2 fully saturated rings. The molecule has 3 rings (SSSR count). The van der Waals surface area contributed by atoms with Crippen LogP contribution in [0.15, 0.2) is 29.3 Å². The van der Waals surface area contributed by atoms with Crippen molar-refractivity contribution in [3.05, 3.63) is 29.8 Å². The van der Waals surface area contributed by atoms with Crippen molar-refractivity contribution in [2.75, 3.05) is 72.2 Å². The Hall–Kier alpha value is -1.10. The molecule has 2 aliphatic heterocycles. The maximum Gasteiger partial charge on any atom is 0.194 e. The summed E-state index contributed by atoms with van der Waals surface area (Å²) in [6, 6.07) is 8.98. The minimum Gasteiger partial charge on any atom is -0.492 e. The van der Waals surface area contributed by atoms with Gasteiger partial charge >= 0.3 is 0 Å². The van der Waals surface area contributed by atoms with Gasteiger partial charge in [-0.05, 0) is 44.1 Å². The highest BCUT2D eigenvalue weighted by atomic mass is 127. The summed E-state index contributed by atoms with van der Waals surface area (Å²) in [5.74, 6) is 1.96. The van der Waals surface area contributed by atoms with Crippen molar-refractivity contribution < 1.29 is 9.47 Å². The standard InChI is InChI=1S/C24H41N5O2.HI/c1-4-25-24(29-12-11-22(20-29)28-14-16-30-17-15-28)26-19-21-7-9-23(10-8-21)31-18-13-27(5-2)6-3;/h7-10,22H,4-6,11-20H2,1-3H3,(H,25,26);1H. The van der Waals surface area contributed by atoms with Gasteiger partial charge in [-0.25, -0.2) is 4.99 Å². The molecule has 0 aliphatic carbocycles. The number of likely N-dealkylation sites (tertiary alicyclic amines) is 1. The zero-order valence-electron chi connectivity index (χ0n) is 20.1. The van der Waals surface area contributed by atoms with Gasteiger partial charge in [0.15, 0.2) is 5.96 Å². The Labute approximate surface area is 211 Å². The number of nitrogens with one attached hydrogen (secondary N) is 1. The molecule has 0 spiro atoms. The van der Waals surface area contributed by atoms with Crippen LogP contribution in [0.2, 0.25) is 0 Å². The number of halogens is 1. The summed E-state index contributed by atoms with van der Waals surface area (Å²) in [7, 11) is 0. The minimum absolute atomic E-state index is 0. The summed E-state index contributed by atoms with van der Waals surface area (Å²) >= 11 is 0. The van der Waals surface area contributed by atoms with E-state index in [9.17, 15) is 0 Å². The number of hydrogen-bond donors (Lipinski definition) is 1. The van der Waals surface area contributed by atoms with E-state index >= 15 is 0 Å². The quantitative estimate of drug-likeness (QED) is 0.271. The van der Waals surface area contributed by atoms with Crippen molar-refractivity contribution in [2.45, 2.75) is 39.8 Å². The summed E-state index contributed by atoms with van der Waals surface area (Å²) in [5, 5.41) is 3.48. The molecule has 1 atom stereocenters. The molecule has 0 radical (unpaired) electrons. The van der Waals surface area contributed by atoms with Crippen LogP contribution in [0, 0.1) is 0 Å². The van der Waals surface area contributed by atoms with Gasteiger partial charge in [0.25, 0.3) is 0 Å². The Kier molecular flexibility index (Phi) is 12.7. The van der Waals surface area contributed by atoms with Gasteiger partial charge < -0.3 is 24.6 Å². The van der Waals surface area contributed by atoms with Crippen LogP contribution < -0.4 is 10.1 Å². The molecule has 0 amide bonds. The molecule has 2 aliphatic rings. The summed E-state index contributed by atoms with van der Waals surface area (Å²) < 4.78 is 11.4. The number of nitrogens with zero attached hydrogens (tertiary/aromatic N) is 4. The van der Waals surface area contributed by atoms with Gasteiger partial charge in [-0.3, -0.25) is 4.90 Å². The number of aliphatic imine (C=N–C) groups is 1. The van der Waals surface area contributed by atoms with Gasteiger partial charge in [-0.1, -0.05) is 26.0 Å². The molecule has 1 N–H and O–H groups in total. The molecule has 0 aromatic heterocycles. The van der Waals surface area contributed by atoms with Gasteiger partial charge in [0, 0.05) is 45.3 Å². The van der Waals surface area contributed by atoms with Gasteiger partial charge in [-0.2, -0.15) is 0 Å². The highest BCUT2D eigenvalue weighted by Gasteiger charge is 2.30. The summed E-state index contributed by atoms with van der Waals surface area (Å²) in [6.45, 7) is 17.8. The predicted molar refractivity (Wildman–Crippen MR) is 142 cm³/mol. The largest absolute Gasteiger partial charge is 0.492 e. The summed E-state index contributed by atoms with van der Waals surface area (Å²) in [4.78, 5) is 12.3. The maximum absolute atomic E-state index is 5.90. The van der Waals surface area contributed by atoms with Crippen LogP contribution >= 0.6 is 24.0 Å². The fourth-order valence-corrected chi connectivity index (χ4v) is 4.29. The Morgan fingerprint density at radius 2 is 1.84 bits per heavy atom. The van der Waals surface area contributed by atoms with E-state index in [0.29, 0.717) is 12.6 Å². The zero-order valence-corrected chi connectivity index (χ0v) is 22.4. The Bertz CT molecular complexity index is 663. The Balaban J connectivity index is 0.00000363. The average molecular weight is 560 g/mol. The first-order chi connectivity index (χ1) is 15.2. The van der Waals surface area contributed by atoms with Crippen molar-refractivity contribution >= 4 is 29.9 Å². The highest BCUT2D eigenvalue weighted by molar-refractivity contribution is 14.0. The van der Waals surface area contributed by atoms with E-state index in [-0.39, 0.29) is 24.0 Å². The molecular weight excluding hydrogens is 517 g/mol. The number of likely N-dealkylation sites (N-methyl/N-ethyl adjacent to an activating group) is 1. The Morgan fingerprint density at radius 1 is 1.12 bits per heavy atom. The van der Waals surface area contributed by atoms with Crippen LogP contribution in [-0.2, 0) is 11.3 Å². The van der Waals surface area contributed by atoms with Crippen LogP contribution in [0.5, 0.6) is 5.75 Å². The second-order valence-electron chi connectivity index (χ2n) is 8.23. The topological polar surface area (TPSA) is 52.6 Å². The lowest BCUT2D eigenvalue weighted by Gasteiger charge is -2.32. The van der Waals surface area contributed by atoms with E-state index in [1.165, 1.54) is 12.0 Å². The van der Waals surface area contributed by atoms with Gasteiger partial charge in [-0.15, -0.1) is 24.0 Å². The number of hydrogen-bond acceptors (Lipinski definition) is 5. The molecule has 0 bridgehead atoms. The van der Waals surface area contributed by atoms with Crippen molar-refractivity contribution in [1.29, 1.82) is 0 Å². The van der Waals surface area contributed by atoms with Crippen molar-refractivity contribution in [3.63, 3.8) is 0 Å². The van der Waals surface area contributed by atoms with Gasteiger partial charge in [0.2, 0.25) is 0 Å². The first-order valence-electron chi connectivity index (χ1n) is 12.0. The molecule has 32 heavy (non-hydrogen) atoms. The smallest absolute Gasteiger partial charge is 0.194 e. The van der Waals surface area contributed by atoms with Crippen LogP contribution in [-0.4, -0.2) is 98.9 Å². The second-order valence-corrected chi connectivity index (χ2v) is 8.23. The third-order valence-corrected chi connectivity index (χ3v) is 6.27. The SMILES string of the molecule is CCNC(=NCc1ccc(OCCN(CC)CC)cc1)N1CCC(N2CCOCC2)C1.I. The highest BCUT2D eigenvalue weighted by Crippen LogP contribution is 2.18. The second kappa shape index (κ2) is 14.9. The summed E-state index contributed by atoms with van der Waals surface area (Å²) in [5.41, 5.74) is 1.20. The first-order valence-corrected chi connectivity index (χ1v) is 12.0. The first kappa shape index (κ1) is 27.1. The van der Waals surface area contributed by atoms with E-state index in [1.807, 2.05) is 0 Å². The van der Waals surface area contributed by atoms with E-state index in [4.69, 9.17) is 14.5 Å². The lowest BCUT2D eigenvalue weighted by atomic mass is 10.2. The third kappa shape index (κ3) is 8.35. The third-order valence-electron chi connectivity index (χ3n) is 6.27. The molecule has 1 aromatic carbocycles. The van der Waals surface area contributed by atoms with Crippen LogP contribution in [0.3, 0.4) is 0 Å². The monoisotopic (exact) mass is 559 g/mol. The van der Waals surface area contributed by atoms with Crippen molar-refractivity contribution in [2.24, 2.45) is 4.99 Å². The van der Waals surface area contributed by atoms with Gasteiger partial charge in [0.1, 0.15) is 12.4 Å². The number of guanidine groups is 1. The summed E-state index contributed by atoms with van der Waals surface area (Å²) in [6.07, 6.45) is 1.20. The molecular formula is C24H42IN5O2. The molecule has 2 saturated heterocycles. The Morgan fingerprint density at radius 3 is 2.50 bits per heavy atom. The molecule has 182 valence electrons. The fourth-order valence-electron chi connectivity index (χ4n) is 4.29.